The molecule has 0 saturated heterocycles. The lowest BCUT2D eigenvalue weighted by Crippen LogP contribution is -2.27. The minimum Gasteiger partial charge on any atom is -0.409 e. The van der Waals surface area contributed by atoms with E-state index < -0.39 is 0 Å². The molecule has 20 heavy (non-hydrogen) atoms. The third-order valence-corrected chi connectivity index (χ3v) is 3.89. The van der Waals surface area contributed by atoms with Crippen molar-refractivity contribution in [1.82, 2.24) is 4.90 Å². The Hall–Kier alpha value is -1.55. The van der Waals surface area contributed by atoms with E-state index in [4.69, 9.17) is 10.9 Å². The molecule has 0 spiro atoms. The van der Waals surface area contributed by atoms with Crippen LogP contribution in [0.2, 0.25) is 0 Å². The summed E-state index contributed by atoms with van der Waals surface area (Å²) in [5.41, 5.74) is 8.93. The molecule has 0 heterocycles. The smallest absolute Gasteiger partial charge is 0.170 e. The van der Waals surface area contributed by atoms with Gasteiger partial charge in [-0.05, 0) is 55.8 Å². The third-order valence-electron chi connectivity index (χ3n) is 3.89. The molecule has 1 saturated carbocycles. The Bertz CT molecular complexity index is 481. The van der Waals surface area contributed by atoms with E-state index in [-0.39, 0.29) is 5.84 Å². The number of hydrogen-bond donors (Lipinski definition) is 2. The molecule has 4 heteroatoms. The van der Waals surface area contributed by atoms with Gasteiger partial charge in [0.25, 0.3) is 0 Å². The number of nitrogens with two attached hydrogens (primary N) is 1. The largest absolute Gasteiger partial charge is 0.409 e. The molecule has 1 aliphatic rings. The Labute approximate surface area is 121 Å². The second kappa shape index (κ2) is 6.75. The molecule has 1 aromatic carbocycles. The molecule has 1 aromatic rings. The Balaban J connectivity index is 2.06. The summed E-state index contributed by atoms with van der Waals surface area (Å²) in [4.78, 5) is 2.54. The second-order valence-corrected chi connectivity index (χ2v) is 5.80. The minimum absolute atomic E-state index is 0.169. The molecular weight excluding hydrogens is 250 g/mol. The van der Waals surface area contributed by atoms with Crippen LogP contribution < -0.4 is 5.73 Å². The summed E-state index contributed by atoms with van der Waals surface area (Å²) in [6, 6.07) is 6.02. The molecule has 110 valence electrons. The van der Waals surface area contributed by atoms with Crippen molar-refractivity contribution >= 4 is 5.84 Å². The van der Waals surface area contributed by atoms with Gasteiger partial charge in [0.2, 0.25) is 0 Å². The fourth-order valence-electron chi connectivity index (χ4n) is 2.55. The van der Waals surface area contributed by atoms with Crippen molar-refractivity contribution in [2.24, 2.45) is 16.8 Å². The molecular formula is C16H25N3O. The van der Waals surface area contributed by atoms with Gasteiger partial charge in [0.05, 0.1) is 0 Å². The fraction of sp³-hybridized carbons (Fsp3) is 0.562. The van der Waals surface area contributed by atoms with Gasteiger partial charge in [-0.15, -0.1) is 0 Å². The molecule has 0 aromatic heterocycles. The van der Waals surface area contributed by atoms with Crippen molar-refractivity contribution < 1.29 is 5.21 Å². The summed E-state index contributed by atoms with van der Waals surface area (Å²) >= 11 is 0. The highest BCUT2D eigenvalue weighted by atomic mass is 16.4. The highest BCUT2D eigenvalue weighted by Crippen LogP contribution is 2.30. The summed E-state index contributed by atoms with van der Waals surface area (Å²) in [7, 11) is 0. The zero-order chi connectivity index (χ0) is 14.5. The predicted molar refractivity (Wildman–Crippen MR) is 82.0 cm³/mol. The molecule has 0 bridgehead atoms. The Kier molecular flexibility index (Phi) is 5.01. The molecule has 0 radical (unpaired) electrons. The van der Waals surface area contributed by atoms with Gasteiger partial charge in [-0.25, -0.2) is 0 Å². The number of benzene rings is 1. The molecule has 0 atom stereocenters. The first-order valence-corrected chi connectivity index (χ1v) is 7.43. The molecule has 0 unspecified atom stereocenters. The number of rotatable bonds is 7. The van der Waals surface area contributed by atoms with Crippen molar-refractivity contribution in [3.8, 4) is 0 Å². The highest BCUT2D eigenvalue weighted by molar-refractivity contribution is 5.97. The van der Waals surface area contributed by atoms with Crippen molar-refractivity contribution in [1.29, 1.82) is 0 Å². The molecule has 4 nitrogen and oxygen atoms in total. The summed E-state index contributed by atoms with van der Waals surface area (Å²) in [5.74, 6) is 1.08. The highest BCUT2D eigenvalue weighted by Gasteiger charge is 2.24. The van der Waals surface area contributed by atoms with E-state index >= 15 is 0 Å². The van der Waals surface area contributed by atoms with E-state index in [1.807, 2.05) is 12.1 Å². The van der Waals surface area contributed by atoms with Gasteiger partial charge in [0.1, 0.15) is 0 Å². The van der Waals surface area contributed by atoms with Gasteiger partial charge in [-0.1, -0.05) is 24.2 Å². The quantitative estimate of drug-likeness (QED) is 0.348. The number of oxime groups is 1. The molecule has 1 fully saturated rings. The van der Waals surface area contributed by atoms with Crippen molar-refractivity contribution in [3.05, 3.63) is 34.9 Å². The van der Waals surface area contributed by atoms with Crippen LogP contribution in [0.4, 0.5) is 0 Å². The first-order valence-electron chi connectivity index (χ1n) is 7.43. The second-order valence-electron chi connectivity index (χ2n) is 5.80. The number of aryl methyl sites for hydroxylation is 1. The lowest BCUT2D eigenvalue weighted by atomic mass is 10.0. The fourth-order valence-corrected chi connectivity index (χ4v) is 2.55. The first-order chi connectivity index (χ1) is 9.63. The van der Waals surface area contributed by atoms with E-state index in [1.54, 1.807) is 0 Å². The van der Waals surface area contributed by atoms with Crippen LogP contribution in [0.3, 0.4) is 0 Å². The monoisotopic (exact) mass is 275 g/mol. The summed E-state index contributed by atoms with van der Waals surface area (Å²) in [6.45, 7) is 7.68. The van der Waals surface area contributed by atoms with Gasteiger partial charge >= 0.3 is 0 Å². The zero-order valence-electron chi connectivity index (χ0n) is 12.5. The molecule has 1 aliphatic carbocycles. The first kappa shape index (κ1) is 14.9. The van der Waals surface area contributed by atoms with Crippen LogP contribution in [-0.4, -0.2) is 29.0 Å². The topological polar surface area (TPSA) is 61.8 Å². The Morgan fingerprint density at radius 1 is 1.45 bits per heavy atom. The molecule has 2 rings (SSSR count). The lowest BCUT2D eigenvalue weighted by Gasteiger charge is -2.22. The van der Waals surface area contributed by atoms with E-state index in [1.165, 1.54) is 36.9 Å². The minimum atomic E-state index is 0.169. The predicted octanol–water partition coefficient (Wildman–Crippen LogP) is 2.71. The van der Waals surface area contributed by atoms with E-state index in [0.717, 1.165) is 24.6 Å². The SMILES string of the molecule is CCCN(Cc1ccc(/C(N)=N/O)cc1C)CC1CC1. The summed E-state index contributed by atoms with van der Waals surface area (Å²) in [5, 5.41) is 11.8. The van der Waals surface area contributed by atoms with Crippen LogP contribution in [0, 0.1) is 12.8 Å². The van der Waals surface area contributed by atoms with Crippen LogP contribution in [0.1, 0.15) is 42.9 Å². The number of hydrogen-bond acceptors (Lipinski definition) is 3. The molecule has 0 aliphatic heterocycles. The van der Waals surface area contributed by atoms with Crippen LogP contribution >= 0.6 is 0 Å². The van der Waals surface area contributed by atoms with Gasteiger partial charge in [0.15, 0.2) is 5.84 Å². The van der Waals surface area contributed by atoms with E-state index in [0.29, 0.717) is 0 Å². The van der Waals surface area contributed by atoms with Gasteiger partial charge < -0.3 is 10.9 Å². The van der Waals surface area contributed by atoms with Crippen LogP contribution in [0.5, 0.6) is 0 Å². The maximum absolute atomic E-state index is 8.72. The van der Waals surface area contributed by atoms with Crippen molar-refractivity contribution in [3.63, 3.8) is 0 Å². The maximum Gasteiger partial charge on any atom is 0.170 e. The summed E-state index contributed by atoms with van der Waals surface area (Å²) < 4.78 is 0. The van der Waals surface area contributed by atoms with Gasteiger partial charge in [0, 0.05) is 18.7 Å². The van der Waals surface area contributed by atoms with Crippen molar-refractivity contribution in [2.75, 3.05) is 13.1 Å². The third kappa shape index (κ3) is 3.97. The summed E-state index contributed by atoms with van der Waals surface area (Å²) in [6.07, 6.45) is 3.97. The van der Waals surface area contributed by atoms with Crippen molar-refractivity contribution in [2.45, 2.75) is 39.7 Å². The standard InChI is InChI=1S/C16H25N3O/c1-3-8-19(10-13-4-5-13)11-15-7-6-14(9-12(15)2)16(17)18-20/h6-7,9,13,20H,3-5,8,10-11H2,1-2H3,(H2,17,18). The zero-order valence-corrected chi connectivity index (χ0v) is 12.5. The molecule has 0 amide bonds. The normalized spacial score (nSPS) is 15.8. The lowest BCUT2D eigenvalue weighted by molar-refractivity contribution is 0.254. The average Bonchev–Trinajstić information content (AvgIpc) is 3.24. The van der Waals surface area contributed by atoms with E-state index in [2.05, 4.69) is 30.0 Å². The average molecular weight is 275 g/mol. The number of amidine groups is 1. The molecule has 3 N–H and O–H groups in total. The van der Waals surface area contributed by atoms with E-state index in [9.17, 15) is 0 Å². The van der Waals surface area contributed by atoms with Crippen LogP contribution in [0.25, 0.3) is 0 Å². The Morgan fingerprint density at radius 2 is 2.20 bits per heavy atom. The van der Waals surface area contributed by atoms with Crippen LogP contribution in [-0.2, 0) is 6.54 Å². The van der Waals surface area contributed by atoms with Gasteiger partial charge in [-0.2, -0.15) is 0 Å². The van der Waals surface area contributed by atoms with Gasteiger partial charge in [-0.3, -0.25) is 4.90 Å². The maximum atomic E-state index is 8.72. The van der Waals surface area contributed by atoms with Crippen LogP contribution in [0.15, 0.2) is 23.4 Å². The number of nitrogens with zero attached hydrogens (tertiary/aromatic N) is 2. The Morgan fingerprint density at radius 3 is 2.75 bits per heavy atom.